The fourth-order valence-corrected chi connectivity index (χ4v) is 2.82. The molecule has 0 bridgehead atoms. The van der Waals surface area contributed by atoms with E-state index in [1.807, 2.05) is 0 Å². The first-order valence-electron chi connectivity index (χ1n) is 6.13. The summed E-state index contributed by atoms with van der Waals surface area (Å²) in [6.45, 7) is 6.98. The van der Waals surface area contributed by atoms with Gasteiger partial charge in [0, 0.05) is 0 Å². The predicted molar refractivity (Wildman–Crippen MR) is 66.2 cm³/mol. The predicted octanol–water partition coefficient (Wildman–Crippen LogP) is 4.68. The molecule has 0 heterocycles. The van der Waals surface area contributed by atoms with Crippen LogP contribution in [0.2, 0.25) is 0 Å². The third-order valence-corrected chi connectivity index (χ3v) is 3.75. The smallest absolute Gasteiger partial charge is 0.0157 e. The van der Waals surface area contributed by atoms with Crippen molar-refractivity contribution in [2.75, 3.05) is 0 Å². The van der Waals surface area contributed by atoms with Crippen LogP contribution in [0, 0.1) is 12.3 Å². The van der Waals surface area contributed by atoms with Crippen molar-refractivity contribution in [1.29, 1.82) is 0 Å². The molecule has 0 amide bonds. The summed E-state index contributed by atoms with van der Waals surface area (Å²) in [7, 11) is 0. The third kappa shape index (κ3) is 2.62. The monoisotopic (exact) mass is 202 g/mol. The van der Waals surface area contributed by atoms with Gasteiger partial charge in [-0.05, 0) is 43.1 Å². The highest BCUT2D eigenvalue weighted by molar-refractivity contribution is 5.25. The van der Waals surface area contributed by atoms with E-state index in [-0.39, 0.29) is 0 Å². The topological polar surface area (TPSA) is 0 Å². The Morgan fingerprint density at radius 3 is 2.40 bits per heavy atom. The van der Waals surface area contributed by atoms with Crippen LogP contribution in [0.3, 0.4) is 0 Å². The Labute approximate surface area is 93.7 Å². The van der Waals surface area contributed by atoms with Crippen molar-refractivity contribution >= 4 is 0 Å². The van der Waals surface area contributed by atoms with E-state index in [2.05, 4.69) is 45.0 Å². The van der Waals surface area contributed by atoms with Gasteiger partial charge in [-0.2, -0.15) is 0 Å². The maximum atomic E-state index is 2.41. The van der Waals surface area contributed by atoms with E-state index >= 15 is 0 Å². The van der Waals surface area contributed by atoms with Crippen molar-refractivity contribution in [2.24, 2.45) is 5.41 Å². The largest absolute Gasteiger partial charge is 0.0599 e. The molecular weight excluding hydrogens is 180 g/mol. The molecule has 1 atom stereocenters. The zero-order valence-corrected chi connectivity index (χ0v) is 10.2. The van der Waals surface area contributed by atoms with Crippen molar-refractivity contribution in [3.05, 3.63) is 35.4 Å². The van der Waals surface area contributed by atoms with Crippen LogP contribution >= 0.6 is 0 Å². The first kappa shape index (κ1) is 10.7. The van der Waals surface area contributed by atoms with Crippen molar-refractivity contribution in [3.8, 4) is 0 Å². The lowest BCUT2D eigenvalue weighted by molar-refractivity contribution is 0.219. The Hall–Kier alpha value is -0.780. The second kappa shape index (κ2) is 4.00. The summed E-state index contributed by atoms with van der Waals surface area (Å²) in [4.78, 5) is 0. The van der Waals surface area contributed by atoms with Gasteiger partial charge in [0.25, 0.3) is 0 Å². The minimum atomic E-state index is 0.549. The van der Waals surface area contributed by atoms with Crippen molar-refractivity contribution in [3.63, 3.8) is 0 Å². The Morgan fingerprint density at radius 1 is 1.13 bits per heavy atom. The molecule has 0 heteroatoms. The Morgan fingerprint density at radius 2 is 1.80 bits per heavy atom. The molecular formula is C15H22. The highest BCUT2D eigenvalue weighted by atomic mass is 14.3. The van der Waals surface area contributed by atoms with Crippen LogP contribution < -0.4 is 0 Å². The van der Waals surface area contributed by atoms with Crippen LogP contribution in [-0.4, -0.2) is 0 Å². The van der Waals surface area contributed by atoms with Gasteiger partial charge >= 0.3 is 0 Å². The lowest BCUT2D eigenvalue weighted by atomic mass is 9.70. The van der Waals surface area contributed by atoms with Gasteiger partial charge in [0.05, 0.1) is 0 Å². The number of hydrogen-bond donors (Lipinski definition) is 0. The molecule has 82 valence electrons. The molecule has 0 aliphatic heterocycles. The molecule has 0 saturated heterocycles. The van der Waals surface area contributed by atoms with Crippen molar-refractivity contribution in [2.45, 2.75) is 52.4 Å². The highest BCUT2D eigenvalue weighted by Gasteiger charge is 2.28. The SMILES string of the molecule is Cc1ccc([C@@H]2CCCC(C)(C)C2)cc1. The number of aryl methyl sites for hydroxylation is 1. The van der Waals surface area contributed by atoms with E-state index in [0.29, 0.717) is 5.41 Å². The molecule has 2 rings (SSSR count). The fraction of sp³-hybridized carbons (Fsp3) is 0.600. The maximum Gasteiger partial charge on any atom is -0.0157 e. The van der Waals surface area contributed by atoms with Crippen molar-refractivity contribution < 1.29 is 0 Å². The molecule has 0 radical (unpaired) electrons. The van der Waals surface area contributed by atoms with Crippen LogP contribution in [0.25, 0.3) is 0 Å². The van der Waals surface area contributed by atoms with Gasteiger partial charge < -0.3 is 0 Å². The number of hydrogen-bond acceptors (Lipinski definition) is 0. The van der Waals surface area contributed by atoms with Gasteiger partial charge in [0.15, 0.2) is 0 Å². The zero-order chi connectivity index (χ0) is 10.9. The fourth-order valence-electron chi connectivity index (χ4n) is 2.82. The summed E-state index contributed by atoms with van der Waals surface area (Å²) in [6, 6.07) is 9.14. The van der Waals surface area contributed by atoms with E-state index < -0.39 is 0 Å². The van der Waals surface area contributed by atoms with Crippen LogP contribution in [0.4, 0.5) is 0 Å². The average molecular weight is 202 g/mol. The molecule has 0 nitrogen and oxygen atoms in total. The molecule has 1 aromatic rings. The standard InChI is InChI=1S/C15H22/c1-12-6-8-13(9-7-12)14-5-4-10-15(2,3)11-14/h6-9,14H,4-5,10-11H2,1-3H3/t14-/m1/s1. The third-order valence-electron chi connectivity index (χ3n) is 3.75. The molecule has 0 unspecified atom stereocenters. The summed E-state index contributed by atoms with van der Waals surface area (Å²) >= 11 is 0. The number of rotatable bonds is 1. The Balaban J connectivity index is 2.13. The quantitative estimate of drug-likeness (QED) is 0.620. The molecule has 1 aliphatic rings. The molecule has 0 aromatic heterocycles. The van der Waals surface area contributed by atoms with Crippen LogP contribution in [-0.2, 0) is 0 Å². The zero-order valence-electron chi connectivity index (χ0n) is 10.2. The van der Waals surface area contributed by atoms with E-state index in [0.717, 1.165) is 5.92 Å². The van der Waals surface area contributed by atoms with E-state index in [1.54, 1.807) is 5.56 Å². The summed E-state index contributed by atoms with van der Waals surface area (Å²) in [5.74, 6) is 0.800. The van der Waals surface area contributed by atoms with E-state index in [9.17, 15) is 0 Å². The lowest BCUT2D eigenvalue weighted by Crippen LogP contribution is -2.21. The van der Waals surface area contributed by atoms with Gasteiger partial charge in [-0.25, -0.2) is 0 Å². The van der Waals surface area contributed by atoms with Gasteiger partial charge in [-0.1, -0.05) is 50.1 Å². The summed E-state index contributed by atoms with van der Waals surface area (Å²) in [6.07, 6.45) is 5.53. The molecule has 15 heavy (non-hydrogen) atoms. The molecule has 1 aromatic carbocycles. The molecule has 0 spiro atoms. The van der Waals surface area contributed by atoms with Gasteiger partial charge in [0.2, 0.25) is 0 Å². The molecule has 0 N–H and O–H groups in total. The lowest BCUT2D eigenvalue weighted by Gasteiger charge is -2.35. The first-order chi connectivity index (χ1) is 7.07. The summed E-state index contributed by atoms with van der Waals surface area (Å²) in [5.41, 5.74) is 3.47. The highest BCUT2D eigenvalue weighted by Crippen LogP contribution is 2.43. The average Bonchev–Trinajstić information content (AvgIpc) is 2.17. The van der Waals surface area contributed by atoms with Crippen LogP contribution in [0.15, 0.2) is 24.3 Å². The van der Waals surface area contributed by atoms with Crippen LogP contribution in [0.5, 0.6) is 0 Å². The van der Waals surface area contributed by atoms with Crippen LogP contribution in [0.1, 0.15) is 56.6 Å². The first-order valence-corrected chi connectivity index (χ1v) is 6.13. The number of benzene rings is 1. The maximum absolute atomic E-state index is 2.41. The molecule has 1 saturated carbocycles. The van der Waals surface area contributed by atoms with E-state index in [4.69, 9.17) is 0 Å². The van der Waals surface area contributed by atoms with E-state index in [1.165, 1.54) is 31.2 Å². The minimum Gasteiger partial charge on any atom is -0.0599 e. The minimum absolute atomic E-state index is 0.549. The van der Waals surface area contributed by atoms with Gasteiger partial charge in [-0.15, -0.1) is 0 Å². The molecule has 1 fully saturated rings. The summed E-state index contributed by atoms with van der Waals surface area (Å²) in [5, 5.41) is 0. The Bertz CT molecular complexity index is 318. The van der Waals surface area contributed by atoms with Gasteiger partial charge in [0.1, 0.15) is 0 Å². The summed E-state index contributed by atoms with van der Waals surface area (Å²) < 4.78 is 0. The second-order valence-electron chi connectivity index (χ2n) is 5.87. The normalized spacial score (nSPS) is 25.1. The van der Waals surface area contributed by atoms with Gasteiger partial charge in [-0.3, -0.25) is 0 Å². The van der Waals surface area contributed by atoms with Crippen molar-refractivity contribution in [1.82, 2.24) is 0 Å². The Kier molecular flexibility index (Phi) is 2.86. The molecule has 1 aliphatic carbocycles. The second-order valence-corrected chi connectivity index (χ2v) is 5.87.